The Morgan fingerprint density at radius 2 is 1.79 bits per heavy atom. The third-order valence-electron chi connectivity index (χ3n) is 7.33. The highest BCUT2D eigenvalue weighted by Gasteiger charge is 2.37. The smallest absolute Gasteiger partial charge is 0.416 e. The van der Waals surface area contributed by atoms with Gasteiger partial charge in [0, 0.05) is 26.1 Å². The van der Waals surface area contributed by atoms with Crippen molar-refractivity contribution in [1.82, 2.24) is 4.90 Å². The molecule has 0 spiro atoms. The first kappa shape index (κ1) is 31.8. The van der Waals surface area contributed by atoms with Gasteiger partial charge in [-0.1, -0.05) is 12.1 Å². The van der Waals surface area contributed by atoms with Crippen molar-refractivity contribution in [3.8, 4) is 0 Å². The van der Waals surface area contributed by atoms with Gasteiger partial charge in [0.2, 0.25) is 0 Å². The van der Waals surface area contributed by atoms with Gasteiger partial charge in [-0.15, -0.1) is 0 Å². The largest absolute Gasteiger partial charge is 0.468 e. The van der Waals surface area contributed by atoms with Crippen LogP contribution in [0.2, 0.25) is 0 Å². The first-order valence-electron chi connectivity index (χ1n) is 13.7. The summed E-state index contributed by atoms with van der Waals surface area (Å²) in [5.74, 6) is -0.366. The molecule has 0 saturated carbocycles. The summed E-state index contributed by atoms with van der Waals surface area (Å²) in [6.07, 6.45) is -2.06. The first-order valence-corrected chi connectivity index (χ1v) is 15.1. The summed E-state index contributed by atoms with van der Waals surface area (Å²) >= 11 is 0. The summed E-state index contributed by atoms with van der Waals surface area (Å²) in [7, 11) is -1.22. The van der Waals surface area contributed by atoms with Crippen LogP contribution in [0.4, 0.5) is 24.5 Å². The normalized spacial score (nSPS) is 18.5. The van der Waals surface area contributed by atoms with Crippen LogP contribution in [0.15, 0.2) is 53.4 Å². The first-order chi connectivity index (χ1) is 19.4. The third kappa shape index (κ3) is 7.09. The van der Waals surface area contributed by atoms with Crippen molar-refractivity contribution in [3.63, 3.8) is 0 Å². The van der Waals surface area contributed by atoms with E-state index >= 15 is 0 Å². The zero-order valence-corrected chi connectivity index (χ0v) is 25.6. The van der Waals surface area contributed by atoms with E-state index < -0.39 is 37.9 Å². The number of alkyl halides is 3. The number of halogens is 3. The number of rotatable bonds is 8. The summed E-state index contributed by atoms with van der Waals surface area (Å²) < 4.78 is 80.3. The second kappa shape index (κ2) is 11.5. The van der Waals surface area contributed by atoms with Crippen LogP contribution < -0.4 is 9.21 Å². The van der Waals surface area contributed by atoms with Crippen molar-refractivity contribution in [1.29, 1.82) is 0 Å². The second-order valence-corrected chi connectivity index (χ2v) is 13.8. The molecule has 2 aliphatic rings. The van der Waals surface area contributed by atoms with Gasteiger partial charge < -0.3 is 14.4 Å². The van der Waals surface area contributed by atoms with E-state index in [-0.39, 0.29) is 19.1 Å². The SMILES string of the molecule is COC(=O)CN(C)CCN1CCN(S(=O)(=O)c2cccc(C(F)(F)F)c2)c2cc(C3=CC(C)(C)OC(C)(C)C3)ccc21. The number of carbonyl (C=O) groups is 1. The molecule has 0 saturated heterocycles. The fourth-order valence-electron chi connectivity index (χ4n) is 5.63. The Bertz CT molecular complexity index is 1470. The lowest BCUT2D eigenvalue weighted by molar-refractivity contribution is -0.141. The number of hydrogen-bond donors (Lipinski definition) is 0. The molecule has 2 heterocycles. The maximum Gasteiger partial charge on any atom is 0.416 e. The van der Waals surface area contributed by atoms with E-state index in [0.29, 0.717) is 43.5 Å². The molecule has 0 unspecified atom stereocenters. The number of hydrogen-bond acceptors (Lipinski definition) is 7. The van der Waals surface area contributed by atoms with E-state index in [1.165, 1.54) is 17.5 Å². The highest BCUT2D eigenvalue weighted by atomic mass is 32.2. The molecule has 0 aromatic heterocycles. The Hall–Kier alpha value is -3.09. The maximum absolute atomic E-state index is 13.9. The molecule has 230 valence electrons. The van der Waals surface area contributed by atoms with Crippen LogP contribution in [0.1, 0.15) is 45.2 Å². The minimum Gasteiger partial charge on any atom is -0.468 e. The van der Waals surface area contributed by atoms with E-state index in [1.54, 1.807) is 13.1 Å². The second-order valence-electron chi connectivity index (χ2n) is 11.9. The molecule has 8 nitrogen and oxygen atoms in total. The lowest BCUT2D eigenvalue weighted by atomic mass is 9.85. The fraction of sp³-hybridized carbons (Fsp3) is 0.500. The predicted octanol–water partition coefficient (Wildman–Crippen LogP) is 5.19. The Kier molecular flexibility index (Phi) is 8.74. The quantitative estimate of drug-likeness (QED) is 0.382. The number of sulfonamides is 1. The zero-order valence-electron chi connectivity index (χ0n) is 24.8. The predicted molar refractivity (Wildman–Crippen MR) is 156 cm³/mol. The van der Waals surface area contributed by atoms with Gasteiger partial charge in [-0.25, -0.2) is 8.42 Å². The summed E-state index contributed by atoms with van der Waals surface area (Å²) in [5, 5.41) is 0. The lowest BCUT2D eigenvalue weighted by Crippen LogP contribution is -2.46. The molecular weight excluding hydrogens is 571 g/mol. The summed E-state index contributed by atoms with van der Waals surface area (Å²) in [6, 6.07) is 9.43. The van der Waals surface area contributed by atoms with Crippen molar-refractivity contribution < 1.29 is 35.9 Å². The Balaban J connectivity index is 1.76. The van der Waals surface area contributed by atoms with E-state index in [2.05, 4.69) is 0 Å². The average molecular weight is 610 g/mol. The van der Waals surface area contributed by atoms with E-state index in [9.17, 15) is 26.4 Å². The maximum atomic E-state index is 13.9. The van der Waals surface area contributed by atoms with Crippen LogP contribution in [-0.2, 0) is 30.5 Å². The number of esters is 1. The number of methoxy groups -OCH3 is 1. The zero-order chi connectivity index (χ0) is 31.1. The highest BCUT2D eigenvalue weighted by Crippen LogP contribution is 2.43. The number of carbonyl (C=O) groups excluding carboxylic acids is 1. The Morgan fingerprint density at radius 3 is 2.43 bits per heavy atom. The molecule has 4 rings (SSSR count). The minimum atomic E-state index is -4.68. The molecule has 12 heteroatoms. The van der Waals surface area contributed by atoms with E-state index in [0.717, 1.165) is 23.3 Å². The molecule has 0 fully saturated rings. The number of benzene rings is 2. The van der Waals surface area contributed by atoms with Crippen molar-refractivity contribution in [2.24, 2.45) is 0 Å². The van der Waals surface area contributed by atoms with Gasteiger partial charge in [0.15, 0.2) is 0 Å². The number of anilines is 2. The molecule has 0 radical (unpaired) electrons. The van der Waals surface area contributed by atoms with Gasteiger partial charge in [0.1, 0.15) is 0 Å². The monoisotopic (exact) mass is 609 g/mol. The summed E-state index contributed by atoms with van der Waals surface area (Å²) in [4.78, 5) is 15.1. The molecule has 0 bridgehead atoms. The van der Waals surface area contributed by atoms with Gasteiger partial charge >= 0.3 is 12.1 Å². The summed E-state index contributed by atoms with van der Waals surface area (Å²) in [6.45, 7) is 9.37. The van der Waals surface area contributed by atoms with Crippen LogP contribution in [-0.4, -0.2) is 77.4 Å². The van der Waals surface area contributed by atoms with Crippen LogP contribution in [0.3, 0.4) is 0 Å². The molecule has 0 atom stereocenters. The summed E-state index contributed by atoms with van der Waals surface area (Å²) in [5.41, 5.74) is 0.795. The molecule has 42 heavy (non-hydrogen) atoms. The number of ether oxygens (including phenoxy) is 2. The minimum absolute atomic E-state index is 0.0366. The fourth-order valence-corrected chi connectivity index (χ4v) is 7.14. The molecule has 0 aliphatic carbocycles. The lowest BCUT2D eigenvalue weighted by Gasteiger charge is -2.41. The van der Waals surface area contributed by atoms with Crippen molar-refractivity contribution >= 4 is 32.9 Å². The van der Waals surface area contributed by atoms with Gasteiger partial charge in [-0.3, -0.25) is 14.0 Å². The molecule has 2 aliphatic heterocycles. The molecule has 0 amide bonds. The van der Waals surface area contributed by atoms with Crippen molar-refractivity contribution in [2.75, 3.05) is 56.1 Å². The molecule has 0 N–H and O–H groups in total. The Labute approximate surface area is 245 Å². The van der Waals surface area contributed by atoms with Crippen molar-refractivity contribution in [3.05, 3.63) is 59.7 Å². The van der Waals surface area contributed by atoms with Gasteiger partial charge in [0.05, 0.1) is 53.2 Å². The Morgan fingerprint density at radius 1 is 1.07 bits per heavy atom. The van der Waals surface area contributed by atoms with Crippen LogP contribution in [0.5, 0.6) is 0 Å². The molecule has 2 aromatic rings. The van der Waals surface area contributed by atoms with Gasteiger partial charge in [-0.2, -0.15) is 13.2 Å². The molecular formula is C30H38F3N3O5S. The average Bonchev–Trinajstić information content (AvgIpc) is 2.89. The third-order valence-corrected chi connectivity index (χ3v) is 9.14. The van der Waals surface area contributed by atoms with Gasteiger partial charge in [-0.05, 0) is 82.3 Å². The highest BCUT2D eigenvalue weighted by molar-refractivity contribution is 7.92. The topological polar surface area (TPSA) is 79.4 Å². The standard InChI is InChI=1S/C30H38F3N3O5S/c1-28(2)18-22(19-29(3,4)41-28)21-10-11-25-26(16-21)36(15-14-35(25)13-12-34(5)20-27(37)40-6)42(38,39)24-9-7-8-23(17-24)30(31,32)33/h7-11,16-18H,12-15,19-20H2,1-6H3. The molecule has 2 aromatic carbocycles. The van der Waals surface area contributed by atoms with Gasteiger partial charge in [0.25, 0.3) is 10.0 Å². The number of nitrogens with zero attached hydrogens (tertiary/aromatic N) is 3. The van der Waals surface area contributed by atoms with E-state index in [4.69, 9.17) is 9.47 Å². The van der Waals surface area contributed by atoms with Crippen LogP contribution in [0.25, 0.3) is 5.57 Å². The van der Waals surface area contributed by atoms with Crippen molar-refractivity contribution in [2.45, 2.75) is 56.4 Å². The van der Waals surface area contributed by atoms with Crippen LogP contribution >= 0.6 is 0 Å². The number of likely N-dealkylation sites (N-methyl/N-ethyl adjacent to an activating group) is 1. The van der Waals surface area contributed by atoms with Crippen LogP contribution in [0, 0.1) is 0 Å². The number of fused-ring (bicyclic) bond motifs is 1. The van der Waals surface area contributed by atoms with E-state index in [1.807, 2.05) is 55.7 Å².